The number of hydrogen-bond acceptors (Lipinski definition) is 8. The lowest BCUT2D eigenvalue weighted by Crippen LogP contribution is -2.37. The lowest BCUT2D eigenvalue weighted by Gasteiger charge is -2.27. The van der Waals surface area contributed by atoms with Crippen molar-refractivity contribution >= 4 is 84.8 Å². The Balaban J connectivity index is 0.000000192. The molecule has 2 saturated carbocycles. The first-order valence-electron chi connectivity index (χ1n) is 25.0. The average Bonchev–Trinajstić information content (AvgIpc) is 3.88. The summed E-state index contributed by atoms with van der Waals surface area (Å²) in [5.74, 6) is 0.0682. The second-order valence-electron chi connectivity index (χ2n) is 18.6. The van der Waals surface area contributed by atoms with Crippen LogP contribution < -0.4 is 26.2 Å². The predicted molar refractivity (Wildman–Crippen MR) is 286 cm³/mol. The zero-order valence-electron chi connectivity index (χ0n) is 39.9. The van der Waals surface area contributed by atoms with Gasteiger partial charge in [-0.15, -0.1) is 0 Å². The predicted octanol–water partition coefficient (Wildman–Crippen LogP) is 11.1. The monoisotopic (exact) mass is 1040 g/mol. The number of halogens is 1. The molecule has 3 heterocycles. The van der Waals surface area contributed by atoms with Crippen molar-refractivity contribution < 1.29 is 19.2 Å². The molecule has 4 N–H and O–H groups in total. The lowest BCUT2D eigenvalue weighted by molar-refractivity contribution is 0.0930. The van der Waals surface area contributed by atoms with E-state index in [1.807, 2.05) is 60.7 Å². The number of aromatic nitrogens is 2. The molecule has 1 atom stereocenters. The fourth-order valence-corrected chi connectivity index (χ4v) is 11.0. The summed E-state index contributed by atoms with van der Waals surface area (Å²) in [6.07, 6.45) is 16.4. The van der Waals surface area contributed by atoms with Crippen LogP contribution in [-0.4, -0.2) is 83.8 Å². The van der Waals surface area contributed by atoms with E-state index in [1.54, 1.807) is 36.7 Å². The van der Waals surface area contributed by atoms with E-state index in [4.69, 9.17) is 0 Å². The number of fused-ring (bicyclic) bond motifs is 2. The zero-order chi connectivity index (χ0) is 48.1. The van der Waals surface area contributed by atoms with Crippen LogP contribution in [-0.2, 0) is 0 Å². The van der Waals surface area contributed by atoms with Gasteiger partial charge in [0.2, 0.25) is 0 Å². The molecule has 1 aliphatic heterocycles. The molecule has 360 valence electrons. The summed E-state index contributed by atoms with van der Waals surface area (Å²) in [6.45, 7) is 9.88. The molecule has 6 aromatic rings. The molecule has 12 nitrogen and oxygen atoms in total. The van der Waals surface area contributed by atoms with Crippen LogP contribution in [0.5, 0.6) is 0 Å². The van der Waals surface area contributed by atoms with Crippen LogP contribution in [0.25, 0.3) is 21.5 Å². The van der Waals surface area contributed by atoms with Crippen LogP contribution in [0.4, 0.5) is 17.1 Å². The number of rotatable bonds is 14. The number of nitrogens with one attached hydrogen (secondary N) is 4. The smallest absolute Gasteiger partial charge is 0.272 e. The van der Waals surface area contributed by atoms with E-state index < -0.39 is 0 Å². The largest absolute Gasteiger partial charge is 0.369 e. The molecule has 3 fully saturated rings. The third-order valence-corrected chi connectivity index (χ3v) is 15.1. The van der Waals surface area contributed by atoms with E-state index >= 15 is 0 Å². The molecular formula is C56H65IN8O4. The summed E-state index contributed by atoms with van der Waals surface area (Å²) in [6, 6.07) is 31.1. The number of amides is 4. The Hall–Kier alpha value is -5.93. The third kappa shape index (κ3) is 12.3. The minimum absolute atomic E-state index is 0.241. The van der Waals surface area contributed by atoms with E-state index in [0.717, 1.165) is 83.4 Å². The van der Waals surface area contributed by atoms with Gasteiger partial charge >= 0.3 is 0 Å². The van der Waals surface area contributed by atoms with E-state index in [-0.39, 0.29) is 35.0 Å². The molecule has 1 saturated heterocycles. The van der Waals surface area contributed by atoms with Crippen molar-refractivity contribution in [1.29, 1.82) is 0 Å². The standard InChI is InChI=1S/C32H41N5O2.C24H24IN3O2/c1-3-36(4-2)24-18-20-37(22-24)29-17-16-27(25-13-8-9-14-26(25)29)31(38)35-28-15-10-19-33-30(28)32(39)34-21-23-11-6-5-7-12-23;25-20-13-12-19(17-9-4-5-10-18(17)20)23(29)28-21-11-6-14-26-22(21)24(30)27-15-16-7-2-1-3-8-16/h8-10,13-17,19,23-24H,3-7,11-12,18,20-22H2,1-2H3,(H,34,39)(H,35,38);4-6,9-14,16H,1-3,7-8,15H2,(H,27,30)(H,28,29). The van der Waals surface area contributed by atoms with E-state index in [2.05, 4.69) is 89.6 Å². The van der Waals surface area contributed by atoms with Gasteiger partial charge in [-0.1, -0.05) is 101 Å². The molecule has 4 aromatic carbocycles. The normalized spacial score (nSPS) is 16.5. The minimum atomic E-state index is -0.253. The fraction of sp³-hybridized carbons (Fsp3) is 0.393. The first-order chi connectivity index (χ1) is 33.7. The lowest BCUT2D eigenvalue weighted by atomic mass is 9.89. The Bertz CT molecular complexity index is 2750. The quantitative estimate of drug-likeness (QED) is 0.0788. The van der Waals surface area contributed by atoms with Crippen molar-refractivity contribution in [2.24, 2.45) is 11.8 Å². The minimum Gasteiger partial charge on any atom is -0.369 e. The molecule has 2 aromatic heterocycles. The molecule has 0 bridgehead atoms. The number of carbonyl (C=O) groups excluding carboxylic acids is 4. The number of nitrogens with zero attached hydrogens (tertiary/aromatic N) is 4. The number of benzene rings is 4. The summed E-state index contributed by atoms with van der Waals surface area (Å²) in [5, 5.41) is 15.8. The molecule has 3 aliphatic rings. The Labute approximate surface area is 420 Å². The van der Waals surface area contributed by atoms with Crippen LogP contribution in [0, 0.1) is 15.4 Å². The second kappa shape index (κ2) is 24.1. The van der Waals surface area contributed by atoms with Crippen LogP contribution >= 0.6 is 22.6 Å². The molecule has 0 spiro atoms. The van der Waals surface area contributed by atoms with Crippen molar-refractivity contribution in [2.45, 2.75) is 90.5 Å². The van der Waals surface area contributed by atoms with Gasteiger partial charge in [0, 0.05) is 70.4 Å². The molecule has 2 aliphatic carbocycles. The van der Waals surface area contributed by atoms with Crippen LogP contribution in [0.3, 0.4) is 0 Å². The Kier molecular flexibility index (Phi) is 17.3. The molecular weight excluding hydrogens is 976 g/mol. The summed E-state index contributed by atoms with van der Waals surface area (Å²) in [5.41, 5.74) is 3.68. The van der Waals surface area contributed by atoms with Gasteiger partial charge in [-0.05, 0) is 144 Å². The van der Waals surface area contributed by atoms with Gasteiger partial charge in [0.25, 0.3) is 23.6 Å². The molecule has 4 amide bonds. The summed E-state index contributed by atoms with van der Waals surface area (Å²) < 4.78 is 1.09. The molecule has 0 radical (unpaired) electrons. The molecule has 13 heteroatoms. The number of anilines is 3. The van der Waals surface area contributed by atoms with Gasteiger partial charge in [0.15, 0.2) is 11.4 Å². The van der Waals surface area contributed by atoms with Crippen molar-refractivity contribution in [3.05, 3.63) is 136 Å². The van der Waals surface area contributed by atoms with E-state index in [1.165, 1.54) is 44.2 Å². The Morgan fingerprint density at radius 2 is 1.04 bits per heavy atom. The average molecular weight is 1040 g/mol. The van der Waals surface area contributed by atoms with Gasteiger partial charge in [-0.2, -0.15) is 0 Å². The van der Waals surface area contributed by atoms with E-state index in [0.29, 0.717) is 53.5 Å². The molecule has 69 heavy (non-hydrogen) atoms. The summed E-state index contributed by atoms with van der Waals surface area (Å²) in [7, 11) is 0. The van der Waals surface area contributed by atoms with Crippen molar-refractivity contribution in [2.75, 3.05) is 54.8 Å². The Morgan fingerprint density at radius 1 is 0.565 bits per heavy atom. The van der Waals surface area contributed by atoms with Crippen molar-refractivity contribution in [3.63, 3.8) is 0 Å². The molecule has 9 rings (SSSR count). The maximum absolute atomic E-state index is 13.6. The van der Waals surface area contributed by atoms with Gasteiger partial charge in [0.05, 0.1) is 11.4 Å². The van der Waals surface area contributed by atoms with Gasteiger partial charge < -0.3 is 26.2 Å². The number of pyridine rings is 2. The number of hydrogen-bond donors (Lipinski definition) is 4. The first kappa shape index (κ1) is 49.5. The van der Waals surface area contributed by atoms with Gasteiger partial charge in [0.1, 0.15) is 0 Å². The number of carbonyl (C=O) groups is 4. The summed E-state index contributed by atoms with van der Waals surface area (Å²) in [4.78, 5) is 65.9. The second-order valence-corrected chi connectivity index (χ2v) is 19.7. The molecule has 1 unspecified atom stereocenters. The van der Waals surface area contributed by atoms with Gasteiger partial charge in [-0.3, -0.25) is 24.1 Å². The maximum atomic E-state index is 13.6. The Morgan fingerprint density at radius 3 is 1.57 bits per heavy atom. The highest BCUT2D eigenvalue weighted by molar-refractivity contribution is 14.1. The van der Waals surface area contributed by atoms with Crippen molar-refractivity contribution in [1.82, 2.24) is 25.5 Å². The fourth-order valence-electron chi connectivity index (χ4n) is 10.4. The van der Waals surface area contributed by atoms with Crippen LogP contribution in [0.1, 0.15) is 126 Å². The van der Waals surface area contributed by atoms with Crippen molar-refractivity contribution in [3.8, 4) is 0 Å². The highest BCUT2D eigenvalue weighted by Crippen LogP contribution is 2.34. The highest BCUT2D eigenvalue weighted by Gasteiger charge is 2.28. The van der Waals surface area contributed by atoms with E-state index in [9.17, 15) is 19.2 Å². The number of likely N-dealkylation sites (N-methyl/N-ethyl adjacent to an activating group) is 1. The first-order valence-corrected chi connectivity index (χ1v) is 26.1. The maximum Gasteiger partial charge on any atom is 0.272 e. The zero-order valence-corrected chi connectivity index (χ0v) is 42.1. The third-order valence-electron chi connectivity index (χ3n) is 14.2. The van der Waals surface area contributed by atoms with Gasteiger partial charge in [-0.25, -0.2) is 9.97 Å². The van der Waals surface area contributed by atoms with Crippen LogP contribution in [0.15, 0.2) is 109 Å². The van der Waals surface area contributed by atoms with Crippen LogP contribution in [0.2, 0.25) is 0 Å². The topological polar surface area (TPSA) is 149 Å². The summed E-state index contributed by atoms with van der Waals surface area (Å²) >= 11 is 2.27. The SMILES string of the molecule is CCN(CC)C1CCN(c2ccc(C(=O)Nc3cccnc3C(=O)NCC3CCCCC3)c3ccccc23)C1.O=C(NCC1CCCCC1)c1ncccc1NC(=O)c1ccc(I)c2ccccc12. The highest BCUT2D eigenvalue weighted by atomic mass is 127.